The first kappa shape index (κ1) is 13.1. The summed E-state index contributed by atoms with van der Waals surface area (Å²) in [5, 5.41) is 3.80. The van der Waals surface area contributed by atoms with Crippen LogP contribution in [0.2, 0.25) is 0 Å². The molecule has 15 heavy (non-hydrogen) atoms. The van der Waals surface area contributed by atoms with Gasteiger partial charge in [0.2, 0.25) is 0 Å². The van der Waals surface area contributed by atoms with Crippen LogP contribution in [-0.2, 0) is 9.53 Å². The number of hydrogen-bond donors (Lipinski definition) is 1. The molecule has 0 bridgehead atoms. The molecule has 0 aromatic heterocycles. The summed E-state index contributed by atoms with van der Waals surface area (Å²) < 4.78 is 4.87. The van der Waals surface area contributed by atoms with Crippen LogP contribution in [0, 0.1) is 0 Å². The quantitative estimate of drug-likeness (QED) is 0.596. The standard InChI is InChI=1S/C10H18ClNO2S/c1-14-9(13)10(4-3-5-11)6-8(15-2)7-12-10/h8,12H,3-7H2,1-2H3/t8-,10+/m1/s1. The molecule has 3 nitrogen and oxygen atoms in total. The van der Waals surface area contributed by atoms with Crippen LogP contribution in [0.15, 0.2) is 0 Å². The van der Waals surface area contributed by atoms with Crippen molar-refractivity contribution in [2.75, 3.05) is 25.8 Å². The van der Waals surface area contributed by atoms with Gasteiger partial charge >= 0.3 is 5.97 Å². The Balaban J connectivity index is 2.65. The number of halogens is 1. The van der Waals surface area contributed by atoms with Gasteiger partial charge in [0.15, 0.2) is 0 Å². The van der Waals surface area contributed by atoms with E-state index in [9.17, 15) is 4.79 Å². The van der Waals surface area contributed by atoms with Gasteiger partial charge in [-0.25, -0.2) is 0 Å². The highest BCUT2D eigenvalue weighted by molar-refractivity contribution is 7.99. The minimum absolute atomic E-state index is 0.149. The fourth-order valence-corrected chi connectivity index (χ4v) is 2.86. The summed E-state index contributed by atoms with van der Waals surface area (Å²) in [5.74, 6) is 0.439. The topological polar surface area (TPSA) is 38.3 Å². The SMILES string of the molecule is COC(=O)[C@]1(CCCCl)C[C@@H](SC)CN1. The number of hydrogen-bond acceptors (Lipinski definition) is 4. The van der Waals surface area contributed by atoms with Crippen molar-refractivity contribution in [2.24, 2.45) is 0 Å². The van der Waals surface area contributed by atoms with Crippen molar-refractivity contribution in [3.63, 3.8) is 0 Å². The van der Waals surface area contributed by atoms with Gasteiger partial charge in [-0.3, -0.25) is 4.79 Å². The van der Waals surface area contributed by atoms with E-state index in [4.69, 9.17) is 16.3 Å². The van der Waals surface area contributed by atoms with Gasteiger partial charge in [-0.1, -0.05) is 0 Å². The molecule has 1 N–H and O–H groups in total. The lowest BCUT2D eigenvalue weighted by atomic mass is 9.92. The Kier molecular flexibility index (Phi) is 5.23. The number of carbonyl (C=O) groups excluding carboxylic acids is 1. The number of carbonyl (C=O) groups is 1. The average molecular weight is 252 g/mol. The Morgan fingerprint density at radius 2 is 2.47 bits per heavy atom. The highest BCUT2D eigenvalue weighted by Crippen LogP contribution is 2.31. The Hall–Kier alpha value is 0.0700. The lowest BCUT2D eigenvalue weighted by Gasteiger charge is -2.26. The normalized spacial score (nSPS) is 30.5. The van der Waals surface area contributed by atoms with Gasteiger partial charge in [-0.05, 0) is 25.5 Å². The first-order valence-corrected chi connectivity index (χ1v) is 6.93. The van der Waals surface area contributed by atoms with Gasteiger partial charge in [0, 0.05) is 17.7 Å². The van der Waals surface area contributed by atoms with Crippen LogP contribution >= 0.6 is 23.4 Å². The van der Waals surface area contributed by atoms with Crippen molar-refractivity contribution in [2.45, 2.75) is 30.1 Å². The largest absolute Gasteiger partial charge is 0.468 e. The van der Waals surface area contributed by atoms with Gasteiger partial charge in [-0.15, -0.1) is 11.6 Å². The van der Waals surface area contributed by atoms with E-state index in [0.717, 1.165) is 25.8 Å². The highest BCUT2D eigenvalue weighted by atomic mass is 35.5. The summed E-state index contributed by atoms with van der Waals surface area (Å²) in [6.07, 6.45) is 4.52. The van der Waals surface area contributed by atoms with Gasteiger partial charge in [0.05, 0.1) is 7.11 Å². The number of ether oxygens (including phenoxy) is 1. The van der Waals surface area contributed by atoms with E-state index in [1.807, 2.05) is 0 Å². The summed E-state index contributed by atoms with van der Waals surface area (Å²) in [5.41, 5.74) is -0.489. The van der Waals surface area contributed by atoms with Gasteiger partial charge in [0.25, 0.3) is 0 Å². The van der Waals surface area contributed by atoms with Gasteiger partial charge < -0.3 is 10.1 Å². The van der Waals surface area contributed by atoms with Crippen molar-refractivity contribution in [1.29, 1.82) is 0 Å². The summed E-state index contributed by atoms with van der Waals surface area (Å²) in [6, 6.07) is 0. The molecule has 0 radical (unpaired) electrons. The van der Waals surface area contributed by atoms with Crippen molar-refractivity contribution in [3.05, 3.63) is 0 Å². The van der Waals surface area contributed by atoms with Crippen LogP contribution in [0.3, 0.4) is 0 Å². The van der Waals surface area contributed by atoms with Crippen LogP contribution < -0.4 is 5.32 Å². The number of alkyl halides is 1. The van der Waals surface area contributed by atoms with E-state index in [-0.39, 0.29) is 5.97 Å². The van der Waals surface area contributed by atoms with Gasteiger partial charge in [0.1, 0.15) is 5.54 Å². The summed E-state index contributed by atoms with van der Waals surface area (Å²) in [7, 11) is 1.44. The van der Waals surface area contributed by atoms with Crippen LogP contribution in [0.1, 0.15) is 19.3 Å². The third-order valence-corrected chi connectivity index (χ3v) is 4.16. The monoisotopic (exact) mass is 251 g/mol. The second kappa shape index (κ2) is 5.97. The molecule has 0 saturated carbocycles. The second-order valence-corrected chi connectivity index (χ2v) is 5.32. The maximum atomic E-state index is 11.8. The van der Waals surface area contributed by atoms with E-state index in [1.165, 1.54) is 7.11 Å². The molecule has 0 aliphatic carbocycles. The Morgan fingerprint density at radius 1 is 1.73 bits per heavy atom. The molecule has 0 aromatic rings. The Morgan fingerprint density at radius 3 is 2.93 bits per heavy atom. The molecule has 88 valence electrons. The zero-order valence-electron chi connectivity index (χ0n) is 9.22. The Labute approximate surface area is 100 Å². The van der Waals surface area contributed by atoms with Crippen molar-refractivity contribution in [1.82, 2.24) is 5.32 Å². The van der Waals surface area contributed by atoms with Crippen LogP contribution in [-0.4, -0.2) is 42.5 Å². The molecule has 1 aliphatic heterocycles. The number of rotatable bonds is 5. The molecule has 0 amide bonds. The molecular weight excluding hydrogens is 234 g/mol. The molecule has 0 unspecified atom stereocenters. The average Bonchev–Trinajstić information content (AvgIpc) is 2.70. The number of esters is 1. The number of thioether (sulfide) groups is 1. The molecule has 1 aliphatic rings. The fraction of sp³-hybridized carbons (Fsp3) is 0.900. The zero-order chi connectivity index (χ0) is 11.3. The number of methoxy groups -OCH3 is 1. The van der Waals surface area contributed by atoms with E-state index in [1.54, 1.807) is 11.8 Å². The first-order valence-electron chi connectivity index (χ1n) is 5.10. The van der Waals surface area contributed by atoms with Crippen molar-refractivity contribution in [3.8, 4) is 0 Å². The van der Waals surface area contributed by atoms with E-state index >= 15 is 0 Å². The van der Waals surface area contributed by atoms with Crippen LogP contribution in [0.4, 0.5) is 0 Å². The summed E-state index contributed by atoms with van der Waals surface area (Å²) in [4.78, 5) is 11.8. The maximum Gasteiger partial charge on any atom is 0.326 e. The predicted molar refractivity (Wildman–Crippen MR) is 64.6 cm³/mol. The molecule has 0 aromatic carbocycles. The summed E-state index contributed by atoms with van der Waals surface area (Å²) in [6.45, 7) is 0.874. The van der Waals surface area contributed by atoms with E-state index in [0.29, 0.717) is 11.1 Å². The minimum atomic E-state index is -0.489. The third kappa shape index (κ3) is 3.02. The highest BCUT2D eigenvalue weighted by Gasteiger charge is 2.45. The molecule has 1 heterocycles. The van der Waals surface area contributed by atoms with Crippen LogP contribution in [0.25, 0.3) is 0 Å². The molecule has 0 spiro atoms. The lowest BCUT2D eigenvalue weighted by molar-refractivity contribution is -0.148. The Bertz CT molecular complexity index is 227. The van der Waals surface area contributed by atoms with E-state index in [2.05, 4.69) is 11.6 Å². The van der Waals surface area contributed by atoms with E-state index < -0.39 is 5.54 Å². The predicted octanol–water partition coefficient (Wildman–Crippen LogP) is 1.64. The zero-order valence-corrected chi connectivity index (χ0v) is 10.8. The van der Waals surface area contributed by atoms with Crippen molar-refractivity contribution < 1.29 is 9.53 Å². The van der Waals surface area contributed by atoms with Gasteiger partial charge in [-0.2, -0.15) is 11.8 Å². The first-order chi connectivity index (χ1) is 7.18. The molecule has 2 atom stereocenters. The maximum absolute atomic E-state index is 11.8. The minimum Gasteiger partial charge on any atom is -0.468 e. The fourth-order valence-electron chi connectivity index (χ4n) is 2.02. The van der Waals surface area contributed by atoms with Crippen LogP contribution in [0.5, 0.6) is 0 Å². The molecule has 1 fully saturated rings. The molecule has 1 rings (SSSR count). The smallest absolute Gasteiger partial charge is 0.326 e. The third-order valence-electron chi connectivity index (χ3n) is 2.89. The molecule has 1 saturated heterocycles. The molecular formula is C10H18ClNO2S. The second-order valence-electron chi connectivity index (χ2n) is 3.81. The molecule has 5 heteroatoms. The van der Waals surface area contributed by atoms with Crippen molar-refractivity contribution >= 4 is 29.3 Å². The summed E-state index contributed by atoms with van der Waals surface area (Å²) >= 11 is 7.47. The number of nitrogens with one attached hydrogen (secondary N) is 1. The lowest BCUT2D eigenvalue weighted by Crippen LogP contribution is -2.48.